The number of carboxylic acid groups (broad SMARTS) is 1. The van der Waals surface area contributed by atoms with Gasteiger partial charge < -0.3 is 9.67 Å². The van der Waals surface area contributed by atoms with Crippen LogP contribution in [0.5, 0.6) is 0 Å². The Bertz CT molecular complexity index is 776. The topological polar surface area (TPSA) is 55.1 Å². The van der Waals surface area contributed by atoms with E-state index < -0.39 is 5.97 Å². The van der Waals surface area contributed by atoms with Crippen molar-refractivity contribution >= 4 is 17.0 Å². The molecule has 2 aromatic carbocycles. The van der Waals surface area contributed by atoms with E-state index in [0.29, 0.717) is 0 Å². The molecule has 0 spiro atoms. The van der Waals surface area contributed by atoms with Gasteiger partial charge in [0.15, 0.2) is 0 Å². The number of fused-ring (bicyclic) bond motifs is 1. The van der Waals surface area contributed by atoms with Gasteiger partial charge in [-0.2, -0.15) is 0 Å². The van der Waals surface area contributed by atoms with Crippen LogP contribution in [0.15, 0.2) is 48.5 Å². The van der Waals surface area contributed by atoms with Crippen molar-refractivity contribution < 1.29 is 9.90 Å². The van der Waals surface area contributed by atoms with Crippen LogP contribution >= 0.6 is 0 Å². The van der Waals surface area contributed by atoms with E-state index in [1.165, 1.54) is 5.56 Å². The normalized spacial score (nSPS) is 10.8. The smallest absolute Gasteiger partial charge is 0.335 e. The summed E-state index contributed by atoms with van der Waals surface area (Å²) < 4.78 is 2.09. The molecule has 0 saturated carbocycles. The average molecular weight is 266 g/mol. The zero-order valence-corrected chi connectivity index (χ0v) is 11.1. The third-order valence-corrected chi connectivity index (χ3v) is 3.37. The van der Waals surface area contributed by atoms with Gasteiger partial charge in [0.2, 0.25) is 0 Å². The van der Waals surface area contributed by atoms with Crippen molar-refractivity contribution in [2.75, 3.05) is 0 Å². The van der Waals surface area contributed by atoms with Crippen molar-refractivity contribution in [3.63, 3.8) is 0 Å². The highest BCUT2D eigenvalue weighted by Gasteiger charge is 2.10. The molecule has 1 aromatic heterocycles. The zero-order chi connectivity index (χ0) is 14.1. The minimum atomic E-state index is -0.929. The predicted octanol–water partition coefficient (Wildman–Crippen LogP) is 3.09. The quantitative estimate of drug-likeness (QED) is 0.792. The van der Waals surface area contributed by atoms with Crippen LogP contribution in [0.4, 0.5) is 0 Å². The predicted molar refractivity (Wildman–Crippen MR) is 77.0 cm³/mol. The molecule has 0 aliphatic heterocycles. The number of imidazole rings is 1. The number of aryl methyl sites for hydroxylation is 1. The summed E-state index contributed by atoms with van der Waals surface area (Å²) in [5, 5.41) is 9.02. The lowest BCUT2D eigenvalue weighted by Gasteiger charge is -2.07. The average Bonchev–Trinajstić information content (AvgIpc) is 2.75. The largest absolute Gasteiger partial charge is 0.478 e. The summed E-state index contributed by atoms with van der Waals surface area (Å²) in [6, 6.07) is 15.2. The van der Waals surface area contributed by atoms with E-state index in [0.717, 1.165) is 23.4 Å². The summed E-state index contributed by atoms with van der Waals surface area (Å²) in [4.78, 5) is 15.4. The molecule has 0 aliphatic carbocycles. The van der Waals surface area contributed by atoms with Crippen LogP contribution in [0, 0.1) is 6.92 Å². The molecule has 1 heterocycles. The number of aromatic nitrogens is 2. The van der Waals surface area contributed by atoms with Gasteiger partial charge in [0.1, 0.15) is 5.82 Å². The number of hydrogen-bond donors (Lipinski definition) is 1. The Labute approximate surface area is 116 Å². The van der Waals surface area contributed by atoms with Gasteiger partial charge in [-0.25, -0.2) is 9.78 Å². The first-order valence-electron chi connectivity index (χ1n) is 6.39. The van der Waals surface area contributed by atoms with E-state index in [1.807, 2.05) is 31.2 Å². The van der Waals surface area contributed by atoms with Crippen molar-refractivity contribution in [1.82, 2.24) is 9.55 Å². The van der Waals surface area contributed by atoms with Crippen LogP contribution in [0.25, 0.3) is 11.0 Å². The molecule has 0 amide bonds. The number of rotatable bonds is 3. The number of hydrogen-bond acceptors (Lipinski definition) is 2. The van der Waals surface area contributed by atoms with Gasteiger partial charge in [-0.15, -0.1) is 0 Å². The van der Waals surface area contributed by atoms with E-state index in [1.54, 1.807) is 12.1 Å². The molecule has 0 bridgehead atoms. The fourth-order valence-corrected chi connectivity index (χ4v) is 2.35. The van der Waals surface area contributed by atoms with Crippen LogP contribution < -0.4 is 0 Å². The lowest BCUT2D eigenvalue weighted by Crippen LogP contribution is -2.02. The van der Waals surface area contributed by atoms with Crippen molar-refractivity contribution in [1.29, 1.82) is 0 Å². The van der Waals surface area contributed by atoms with Gasteiger partial charge in [0, 0.05) is 6.54 Å². The van der Waals surface area contributed by atoms with Gasteiger partial charge in [0.25, 0.3) is 0 Å². The Kier molecular flexibility index (Phi) is 2.99. The lowest BCUT2D eigenvalue weighted by molar-refractivity contribution is 0.0697. The summed E-state index contributed by atoms with van der Waals surface area (Å²) in [6.45, 7) is 2.67. The van der Waals surface area contributed by atoms with Gasteiger partial charge in [-0.05, 0) is 30.7 Å². The summed E-state index contributed by atoms with van der Waals surface area (Å²) in [7, 11) is 0. The fourth-order valence-electron chi connectivity index (χ4n) is 2.35. The van der Waals surface area contributed by atoms with Gasteiger partial charge in [-0.1, -0.05) is 30.3 Å². The molecule has 3 rings (SSSR count). The summed E-state index contributed by atoms with van der Waals surface area (Å²) in [5.41, 5.74) is 3.13. The molecule has 4 nitrogen and oxygen atoms in total. The summed E-state index contributed by atoms with van der Waals surface area (Å²) in [6.07, 6.45) is 0. The molecule has 0 radical (unpaired) electrons. The second-order valence-electron chi connectivity index (χ2n) is 4.74. The number of carboxylic acids is 1. The fraction of sp³-hybridized carbons (Fsp3) is 0.125. The standard InChI is InChI=1S/C16H14N2O2/c1-11-17-14-9-13(16(19)20)7-8-15(14)18(11)10-12-5-3-2-4-6-12/h2-9H,10H2,1H3,(H,19,20). The van der Waals surface area contributed by atoms with Crippen LogP contribution in [0.1, 0.15) is 21.7 Å². The van der Waals surface area contributed by atoms with Gasteiger partial charge >= 0.3 is 5.97 Å². The van der Waals surface area contributed by atoms with E-state index in [-0.39, 0.29) is 5.56 Å². The molecule has 0 atom stereocenters. The molecule has 0 saturated heterocycles. The Balaban J connectivity index is 2.07. The monoisotopic (exact) mass is 266 g/mol. The van der Waals surface area contributed by atoms with E-state index >= 15 is 0 Å². The van der Waals surface area contributed by atoms with Crippen LogP contribution in [-0.2, 0) is 6.54 Å². The van der Waals surface area contributed by atoms with Crippen molar-refractivity contribution in [2.45, 2.75) is 13.5 Å². The third kappa shape index (κ3) is 2.16. The van der Waals surface area contributed by atoms with Crippen molar-refractivity contribution in [3.8, 4) is 0 Å². The minimum absolute atomic E-state index is 0.266. The Morgan fingerprint density at radius 1 is 1.20 bits per heavy atom. The second kappa shape index (κ2) is 4.81. The van der Waals surface area contributed by atoms with Crippen molar-refractivity contribution in [3.05, 3.63) is 65.5 Å². The molecule has 3 aromatic rings. The van der Waals surface area contributed by atoms with E-state index in [2.05, 4.69) is 21.7 Å². The number of nitrogens with zero attached hydrogens (tertiary/aromatic N) is 2. The first-order chi connectivity index (χ1) is 9.65. The molecule has 0 unspecified atom stereocenters. The molecule has 1 N–H and O–H groups in total. The first kappa shape index (κ1) is 12.4. The van der Waals surface area contributed by atoms with Crippen LogP contribution in [-0.4, -0.2) is 20.6 Å². The van der Waals surface area contributed by atoms with Gasteiger partial charge in [-0.3, -0.25) is 0 Å². The summed E-state index contributed by atoms with van der Waals surface area (Å²) in [5.74, 6) is -0.0476. The van der Waals surface area contributed by atoms with Crippen molar-refractivity contribution in [2.24, 2.45) is 0 Å². The zero-order valence-electron chi connectivity index (χ0n) is 11.1. The third-order valence-electron chi connectivity index (χ3n) is 3.37. The number of benzene rings is 2. The molecule has 100 valence electrons. The second-order valence-corrected chi connectivity index (χ2v) is 4.74. The lowest BCUT2D eigenvalue weighted by atomic mass is 10.2. The number of aromatic carboxylic acids is 1. The maximum absolute atomic E-state index is 11.0. The first-order valence-corrected chi connectivity index (χ1v) is 6.39. The summed E-state index contributed by atoms with van der Waals surface area (Å²) >= 11 is 0. The Hall–Kier alpha value is -2.62. The molecule has 0 fully saturated rings. The maximum Gasteiger partial charge on any atom is 0.335 e. The Morgan fingerprint density at radius 3 is 2.65 bits per heavy atom. The van der Waals surface area contributed by atoms with Gasteiger partial charge in [0.05, 0.1) is 16.6 Å². The highest BCUT2D eigenvalue weighted by atomic mass is 16.4. The number of carbonyl (C=O) groups is 1. The molecule has 0 aliphatic rings. The molecule has 20 heavy (non-hydrogen) atoms. The molecular weight excluding hydrogens is 252 g/mol. The molecule has 4 heteroatoms. The van der Waals surface area contributed by atoms with Crippen LogP contribution in [0.2, 0.25) is 0 Å². The highest BCUT2D eigenvalue weighted by Crippen LogP contribution is 2.19. The molecular formula is C16H14N2O2. The highest BCUT2D eigenvalue weighted by molar-refractivity contribution is 5.92. The van der Waals surface area contributed by atoms with E-state index in [9.17, 15) is 4.79 Å². The maximum atomic E-state index is 11.0. The SMILES string of the molecule is Cc1nc2cc(C(=O)O)ccc2n1Cc1ccccc1. The Morgan fingerprint density at radius 2 is 1.95 bits per heavy atom. The van der Waals surface area contributed by atoms with E-state index in [4.69, 9.17) is 5.11 Å². The minimum Gasteiger partial charge on any atom is -0.478 e. The van der Waals surface area contributed by atoms with Crippen LogP contribution in [0.3, 0.4) is 0 Å².